The second-order valence-electron chi connectivity index (χ2n) is 9.63. The maximum Gasteiger partial charge on any atom is 0.308 e. The summed E-state index contributed by atoms with van der Waals surface area (Å²) >= 11 is 0. The van der Waals surface area contributed by atoms with Crippen molar-refractivity contribution in [2.75, 3.05) is 6.61 Å². The van der Waals surface area contributed by atoms with Gasteiger partial charge in [-0.2, -0.15) is 0 Å². The van der Waals surface area contributed by atoms with Gasteiger partial charge in [-0.05, 0) is 37.7 Å². The number of hydrogen-bond acceptors (Lipinski definition) is 2. The van der Waals surface area contributed by atoms with Gasteiger partial charge in [-0.3, -0.25) is 4.79 Å². The molecule has 2 nitrogen and oxygen atoms in total. The molecule has 1 atom stereocenters. The van der Waals surface area contributed by atoms with Crippen LogP contribution < -0.4 is 0 Å². The number of carbonyl (C=O) groups excluding carboxylic acids is 1. The number of ether oxygens (including phenoxy) is 1. The van der Waals surface area contributed by atoms with Crippen molar-refractivity contribution in [3.8, 4) is 0 Å². The van der Waals surface area contributed by atoms with Gasteiger partial charge in [0.25, 0.3) is 0 Å². The number of unbranched alkanes of at least 4 members (excludes halogenated alkanes) is 13. The Labute approximate surface area is 199 Å². The normalized spacial score (nSPS) is 12.1. The molecule has 0 N–H and O–H groups in total. The largest absolute Gasteiger partial charge is 0.465 e. The third kappa shape index (κ3) is 16.3. The van der Waals surface area contributed by atoms with Crippen LogP contribution >= 0.6 is 0 Å². The van der Waals surface area contributed by atoms with Gasteiger partial charge in [-0.15, -0.1) is 0 Å². The zero-order valence-corrected chi connectivity index (χ0v) is 21.4. The van der Waals surface area contributed by atoms with Gasteiger partial charge in [0, 0.05) is 0 Å². The molecule has 0 aliphatic rings. The maximum absolute atomic E-state index is 12.8. The Morgan fingerprint density at radius 1 is 0.656 bits per heavy atom. The molecule has 1 aromatic rings. The number of carbonyl (C=O) groups is 1. The fourth-order valence-corrected chi connectivity index (χ4v) is 4.44. The summed E-state index contributed by atoms with van der Waals surface area (Å²) < 4.78 is 5.72. The van der Waals surface area contributed by atoms with Gasteiger partial charge >= 0.3 is 5.97 Å². The van der Waals surface area contributed by atoms with E-state index >= 15 is 0 Å². The van der Waals surface area contributed by atoms with Gasteiger partial charge < -0.3 is 4.74 Å². The minimum absolute atomic E-state index is 0.0706. The number of hydrogen-bond donors (Lipinski definition) is 0. The summed E-state index contributed by atoms with van der Waals surface area (Å²) in [5, 5.41) is 0. The Hall–Kier alpha value is -1.31. The summed E-state index contributed by atoms with van der Waals surface area (Å²) in [5.41, 5.74) is 1.37. The lowest BCUT2D eigenvalue weighted by Gasteiger charge is -2.16. The molecule has 0 amide bonds. The molecule has 0 radical (unpaired) electrons. The predicted octanol–water partition coefficient (Wildman–Crippen LogP) is 9.45. The van der Waals surface area contributed by atoms with E-state index < -0.39 is 0 Å². The van der Waals surface area contributed by atoms with E-state index in [1.165, 1.54) is 95.5 Å². The molecule has 0 saturated carbocycles. The summed E-state index contributed by atoms with van der Waals surface area (Å²) in [6, 6.07) is 10.6. The highest BCUT2D eigenvalue weighted by Crippen LogP contribution is 2.21. The predicted molar refractivity (Wildman–Crippen MR) is 139 cm³/mol. The molecule has 2 heteroatoms. The zero-order chi connectivity index (χ0) is 23.1. The standard InChI is InChI=1S/C30H52O2/c1-3-5-7-9-11-12-14-19-26-29(25-18-13-10-8-6-4-2)30(31)32-27-21-20-24-28-22-16-15-17-23-28/h15-17,22-23,29H,3-14,18-21,24-27H2,1-2H3. The van der Waals surface area contributed by atoms with Crippen LogP contribution in [0.1, 0.15) is 135 Å². The van der Waals surface area contributed by atoms with Gasteiger partial charge in [-0.1, -0.05) is 134 Å². The third-order valence-electron chi connectivity index (χ3n) is 6.59. The first-order valence-corrected chi connectivity index (χ1v) is 14.0. The molecule has 0 bridgehead atoms. The number of benzene rings is 1. The van der Waals surface area contributed by atoms with Crippen LogP contribution in [0.3, 0.4) is 0 Å². The van der Waals surface area contributed by atoms with Gasteiger partial charge in [0.15, 0.2) is 0 Å². The number of rotatable bonds is 22. The molecule has 184 valence electrons. The lowest BCUT2D eigenvalue weighted by molar-refractivity contribution is -0.149. The van der Waals surface area contributed by atoms with Crippen LogP contribution in [0.25, 0.3) is 0 Å². The van der Waals surface area contributed by atoms with Crippen LogP contribution in [-0.4, -0.2) is 12.6 Å². The minimum Gasteiger partial charge on any atom is -0.465 e. The SMILES string of the molecule is CCCCCCCCCCC(CCCCCCCC)C(=O)OCCCCc1ccccc1. The first kappa shape index (κ1) is 28.7. The first-order chi connectivity index (χ1) is 15.8. The molecule has 32 heavy (non-hydrogen) atoms. The molecule has 0 aliphatic heterocycles. The second-order valence-corrected chi connectivity index (χ2v) is 9.63. The van der Waals surface area contributed by atoms with Crippen molar-refractivity contribution in [1.82, 2.24) is 0 Å². The van der Waals surface area contributed by atoms with Gasteiger partial charge in [0.1, 0.15) is 0 Å². The fourth-order valence-electron chi connectivity index (χ4n) is 4.44. The zero-order valence-electron chi connectivity index (χ0n) is 21.4. The van der Waals surface area contributed by atoms with E-state index in [4.69, 9.17) is 4.74 Å². The van der Waals surface area contributed by atoms with Crippen molar-refractivity contribution in [2.24, 2.45) is 5.92 Å². The number of esters is 1. The van der Waals surface area contributed by atoms with Crippen molar-refractivity contribution in [2.45, 2.75) is 136 Å². The van der Waals surface area contributed by atoms with Crippen molar-refractivity contribution in [3.63, 3.8) is 0 Å². The van der Waals surface area contributed by atoms with Crippen LogP contribution in [0, 0.1) is 5.92 Å². The molecule has 1 rings (SSSR count). The highest BCUT2D eigenvalue weighted by Gasteiger charge is 2.19. The van der Waals surface area contributed by atoms with Crippen LogP contribution in [0.4, 0.5) is 0 Å². The average Bonchev–Trinajstić information content (AvgIpc) is 2.82. The van der Waals surface area contributed by atoms with Crippen molar-refractivity contribution in [3.05, 3.63) is 35.9 Å². The summed E-state index contributed by atoms with van der Waals surface area (Å²) in [4.78, 5) is 12.8. The molecule has 0 aromatic heterocycles. The Kier molecular flexibility index (Phi) is 19.3. The van der Waals surface area contributed by atoms with E-state index in [9.17, 15) is 4.79 Å². The van der Waals surface area contributed by atoms with Crippen molar-refractivity contribution < 1.29 is 9.53 Å². The molecule has 1 unspecified atom stereocenters. The topological polar surface area (TPSA) is 26.3 Å². The maximum atomic E-state index is 12.8. The first-order valence-electron chi connectivity index (χ1n) is 14.0. The fraction of sp³-hybridized carbons (Fsp3) is 0.767. The highest BCUT2D eigenvalue weighted by molar-refractivity contribution is 5.72. The lowest BCUT2D eigenvalue weighted by Crippen LogP contribution is -2.18. The molecule has 0 fully saturated rings. The van der Waals surface area contributed by atoms with Gasteiger partial charge in [0.2, 0.25) is 0 Å². The minimum atomic E-state index is 0.0706. The summed E-state index contributed by atoms with van der Waals surface area (Å²) in [6.07, 6.45) is 23.4. The molecular weight excluding hydrogens is 392 g/mol. The second kappa shape index (κ2) is 21.5. The van der Waals surface area contributed by atoms with E-state index in [-0.39, 0.29) is 11.9 Å². The van der Waals surface area contributed by atoms with E-state index in [2.05, 4.69) is 44.2 Å². The average molecular weight is 445 g/mol. The smallest absolute Gasteiger partial charge is 0.308 e. The van der Waals surface area contributed by atoms with Gasteiger partial charge in [-0.25, -0.2) is 0 Å². The summed E-state index contributed by atoms with van der Waals surface area (Å²) in [5.74, 6) is 0.191. The Balaban J connectivity index is 2.23. The molecule has 0 saturated heterocycles. The van der Waals surface area contributed by atoms with E-state index in [0.717, 1.165) is 32.1 Å². The highest BCUT2D eigenvalue weighted by atomic mass is 16.5. The van der Waals surface area contributed by atoms with E-state index in [1.54, 1.807) is 0 Å². The number of aryl methyl sites for hydroxylation is 1. The Morgan fingerprint density at radius 2 is 1.16 bits per heavy atom. The van der Waals surface area contributed by atoms with Crippen molar-refractivity contribution in [1.29, 1.82) is 0 Å². The lowest BCUT2D eigenvalue weighted by atomic mass is 9.94. The van der Waals surface area contributed by atoms with Crippen LogP contribution in [0.5, 0.6) is 0 Å². The van der Waals surface area contributed by atoms with Crippen LogP contribution in [-0.2, 0) is 16.0 Å². The van der Waals surface area contributed by atoms with E-state index in [1.807, 2.05) is 0 Å². The third-order valence-corrected chi connectivity index (χ3v) is 6.59. The Bertz CT molecular complexity index is 525. The summed E-state index contributed by atoms with van der Waals surface area (Å²) in [7, 11) is 0. The van der Waals surface area contributed by atoms with Crippen LogP contribution in [0.2, 0.25) is 0 Å². The summed E-state index contributed by atoms with van der Waals surface area (Å²) in [6.45, 7) is 5.11. The molecule has 0 heterocycles. The Morgan fingerprint density at radius 3 is 1.69 bits per heavy atom. The quantitative estimate of drug-likeness (QED) is 0.131. The monoisotopic (exact) mass is 444 g/mol. The molecular formula is C30H52O2. The van der Waals surface area contributed by atoms with Crippen LogP contribution in [0.15, 0.2) is 30.3 Å². The van der Waals surface area contributed by atoms with Gasteiger partial charge in [0.05, 0.1) is 12.5 Å². The molecule has 0 spiro atoms. The molecule has 0 aliphatic carbocycles. The van der Waals surface area contributed by atoms with Crippen molar-refractivity contribution >= 4 is 5.97 Å². The van der Waals surface area contributed by atoms with E-state index in [0.29, 0.717) is 6.61 Å². The molecule has 1 aromatic carbocycles.